The summed E-state index contributed by atoms with van der Waals surface area (Å²) in [5.41, 5.74) is -6.13. The summed E-state index contributed by atoms with van der Waals surface area (Å²) in [5.74, 6) is 0. The second-order valence-electron chi connectivity index (χ2n) is 7.82. The van der Waals surface area contributed by atoms with Crippen molar-refractivity contribution in [2.45, 2.75) is 52.9 Å². The van der Waals surface area contributed by atoms with Crippen LogP contribution >= 0.6 is 0 Å². The summed E-state index contributed by atoms with van der Waals surface area (Å²) in [6.45, 7) is -1.24. The highest BCUT2D eigenvalue weighted by molar-refractivity contribution is 7.92. The molecule has 0 aromatic heterocycles. The van der Waals surface area contributed by atoms with Crippen molar-refractivity contribution in [2.24, 2.45) is 0 Å². The first-order valence-electron chi connectivity index (χ1n) is 10.1. The Hall–Kier alpha value is -1.55. The Bertz CT molecular complexity index is 1040. The van der Waals surface area contributed by atoms with E-state index in [2.05, 4.69) is 10.0 Å². The fourth-order valence-corrected chi connectivity index (χ4v) is 5.95. The number of hydrogen-bond acceptors (Lipinski definition) is 7. The first-order valence-corrected chi connectivity index (χ1v) is 13.1. The lowest BCUT2D eigenvalue weighted by Crippen LogP contribution is -2.38. The normalized spacial score (nSPS) is 22.8. The molecule has 0 saturated carbocycles. The number of sulfone groups is 1. The lowest BCUT2D eigenvalue weighted by Gasteiger charge is -2.23. The third kappa shape index (κ3) is 5.75. The highest BCUT2D eigenvalue weighted by Crippen LogP contribution is 2.36. The summed E-state index contributed by atoms with van der Waals surface area (Å²) < 4.78 is 123. The van der Waals surface area contributed by atoms with E-state index in [1.807, 2.05) is 0 Å². The molecule has 1 aromatic rings. The summed E-state index contributed by atoms with van der Waals surface area (Å²) in [4.78, 5) is -0.453. The maximum absolute atomic E-state index is 13.3. The van der Waals surface area contributed by atoms with Crippen LogP contribution in [0, 0.1) is 0 Å². The molecular formula is C18H24F5N3O5S2. The van der Waals surface area contributed by atoms with Gasteiger partial charge in [0.05, 0.1) is 16.6 Å². The minimum atomic E-state index is -5.92. The van der Waals surface area contributed by atoms with Gasteiger partial charge in [-0.15, -0.1) is 0 Å². The van der Waals surface area contributed by atoms with Crippen LogP contribution in [-0.4, -0.2) is 78.6 Å². The first-order chi connectivity index (χ1) is 15.4. The molecule has 1 aromatic carbocycles. The standard InChI is InChI=1S/C18H24F5N3O5S2/c19-9-13(10-20)26-6-5-12(11-26)24-15-4-3-14(8-16(15)32(27,28)18(21,22)23)33(29,30)25-17-2-1-7-31-17/h3-4,8,12-13,17,24-25H,1-2,5-7,9-11H2/t12?,17-/m1/s1. The van der Waals surface area contributed by atoms with Gasteiger partial charge in [0, 0.05) is 25.7 Å². The number of halogens is 5. The topological polar surface area (TPSA) is 105 Å². The summed E-state index contributed by atoms with van der Waals surface area (Å²) >= 11 is 0. The Morgan fingerprint density at radius 3 is 2.39 bits per heavy atom. The third-order valence-electron chi connectivity index (χ3n) is 5.53. The highest BCUT2D eigenvalue weighted by atomic mass is 32.2. The highest BCUT2D eigenvalue weighted by Gasteiger charge is 2.48. The minimum absolute atomic E-state index is 0.0740. The summed E-state index contributed by atoms with van der Waals surface area (Å²) in [7, 11) is -10.3. The maximum atomic E-state index is 13.3. The SMILES string of the molecule is O=S(=O)(N[C@H]1CCCO1)c1ccc(NC2CCN(C(CF)CF)C2)c(S(=O)(=O)C(F)(F)F)c1. The van der Waals surface area contributed by atoms with Crippen LogP contribution < -0.4 is 10.0 Å². The smallest absolute Gasteiger partial charge is 0.380 e. The van der Waals surface area contributed by atoms with E-state index in [-0.39, 0.29) is 13.1 Å². The Morgan fingerprint density at radius 2 is 1.82 bits per heavy atom. The number of sulfonamides is 1. The fourth-order valence-electron chi connectivity index (χ4n) is 3.74. The predicted molar refractivity (Wildman–Crippen MR) is 108 cm³/mol. The van der Waals surface area contributed by atoms with Gasteiger partial charge in [-0.25, -0.2) is 25.6 Å². The second kappa shape index (κ2) is 9.98. The van der Waals surface area contributed by atoms with Crippen molar-refractivity contribution in [3.8, 4) is 0 Å². The molecule has 0 bridgehead atoms. The molecule has 8 nitrogen and oxygen atoms in total. The summed E-state index contributed by atoms with van der Waals surface area (Å²) in [5, 5.41) is 2.67. The number of anilines is 1. The molecule has 15 heteroatoms. The molecule has 3 rings (SSSR count). The van der Waals surface area contributed by atoms with Crippen molar-refractivity contribution in [1.29, 1.82) is 0 Å². The Labute approximate surface area is 188 Å². The van der Waals surface area contributed by atoms with Gasteiger partial charge in [-0.3, -0.25) is 4.90 Å². The zero-order valence-corrected chi connectivity index (χ0v) is 18.9. The van der Waals surface area contributed by atoms with Crippen LogP contribution in [0.2, 0.25) is 0 Å². The van der Waals surface area contributed by atoms with Crippen molar-refractivity contribution in [3.63, 3.8) is 0 Å². The van der Waals surface area contributed by atoms with Crippen LogP contribution in [0.25, 0.3) is 0 Å². The lowest BCUT2D eigenvalue weighted by atomic mass is 10.2. The van der Waals surface area contributed by atoms with Crippen molar-refractivity contribution < 1.29 is 43.5 Å². The average molecular weight is 522 g/mol. The van der Waals surface area contributed by atoms with Gasteiger partial charge >= 0.3 is 5.51 Å². The van der Waals surface area contributed by atoms with E-state index in [1.54, 1.807) is 0 Å². The van der Waals surface area contributed by atoms with Gasteiger partial charge in [-0.2, -0.15) is 17.9 Å². The van der Waals surface area contributed by atoms with Gasteiger partial charge in [0.15, 0.2) is 0 Å². The number of likely N-dealkylation sites (tertiary alicyclic amines) is 1. The van der Waals surface area contributed by atoms with E-state index in [1.165, 1.54) is 4.90 Å². The summed E-state index contributed by atoms with van der Waals surface area (Å²) in [6, 6.07) is 0.772. The molecule has 33 heavy (non-hydrogen) atoms. The quantitative estimate of drug-likeness (QED) is 0.480. The zero-order chi connectivity index (χ0) is 24.4. The van der Waals surface area contributed by atoms with Crippen molar-refractivity contribution in [1.82, 2.24) is 9.62 Å². The summed E-state index contributed by atoms with van der Waals surface area (Å²) in [6.07, 6.45) is 0.388. The predicted octanol–water partition coefficient (Wildman–Crippen LogP) is 2.19. The monoisotopic (exact) mass is 521 g/mol. The molecule has 0 radical (unpaired) electrons. The van der Waals surface area contributed by atoms with Crippen molar-refractivity contribution >= 4 is 25.5 Å². The molecular weight excluding hydrogens is 497 g/mol. The van der Waals surface area contributed by atoms with Crippen LogP contribution in [0.15, 0.2) is 28.0 Å². The molecule has 2 N–H and O–H groups in total. The Balaban J connectivity index is 1.92. The first kappa shape index (κ1) is 26.1. The van der Waals surface area contributed by atoms with E-state index in [4.69, 9.17) is 4.74 Å². The van der Waals surface area contributed by atoms with Crippen molar-refractivity contribution in [2.75, 3.05) is 38.4 Å². The largest absolute Gasteiger partial charge is 0.501 e. The molecule has 2 aliphatic heterocycles. The molecule has 0 amide bonds. The average Bonchev–Trinajstić information content (AvgIpc) is 3.40. The number of benzene rings is 1. The lowest BCUT2D eigenvalue weighted by molar-refractivity contribution is -0.0435. The van der Waals surface area contributed by atoms with Gasteiger partial charge in [-0.1, -0.05) is 0 Å². The van der Waals surface area contributed by atoms with Crippen LogP contribution in [0.5, 0.6) is 0 Å². The number of alkyl halides is 5. The number of hydrogen-bond donors (Lipinski definition) is 2. The van der Waals surface area contributed by atoms with Gasteiger partial charge in [-0.05, 0) is 37.5 Å². The van der Waals surface area contributed by atoms with E-state index in [0.717, 1.165) is 12.1 Å². The third-order valence-corrected chi connectivity index (χ3v) is 8.50. The number of rotatable bonds is 9. The van der Waals surface area contributed by atoms with Gasteiger partial charge in [0.2, 0.25) is 10.0 Å². The van der Waals surface area contributed by atoms with Crippen LogP contribution in [0.1, 0.15) is 19.3 Å². The number of ether oxygens (including phenoxy) is 1. The molecule has 2 aliphatic rings. The van der Waals surface area contributed by atoms with Crippen molar-refractivity contribution in [3.05, 3.63) is 18.2 Å². The minimum Gasteiger partial charge on any atom is -0.380 e. The fraction of sp³-hybridized carbons (Fsp3) is 0.667. The van der Waals surface area contributed by atoms with Gasteiger partial charge in [0.25, 0.3) is 9.84 Å². The Kier molecular flexibility index (Phi) is 7.88. The second-order valence-corrected chi connectivity index (χ2v) is 11.4. The van der Waals surface area contributed by atoms with Gasteiger partial charge in [0.1, 0.15) is 24.5 Å². The van der Waals surface area contributed by atoms with E-state index < -0.39 is 72.5 Å². The molecule has 188 valence electrons. The van der Waals surface area contributed by atoms with E-state index in [0.29, 0.717) is 31.9 Å². The van der Waals surface area contributed by atoms with Gasteiger partial charge < -0.3 is 10.1 Å². The number of nitrogens with zero attached hydrogens (tertiary/aromatic N) is 1. The molecule has 0 spiro atoms. The zero-order valence-electron chi connectivity index (χ0n) is 17.3. The molecule has 2 heterocycles. The molecule has 1 unspecified atom stereocenters. The Morgan fingerprint density at radius 1 is 1.12 bits per heavy atom. The molecule has 2 atom stereocenters. The number of nitrogens with one attached hydrogen (secondary N) is 2. The van der Waals surface area contributed by atoms with E-state index >= 15 is 0 Å². The van der Waals surface area contributed by atoms with Crippen LogP contribution in [0.4, 0.5) is 27.6 Å². The van der Waals surface area contributed by atoms with Crippen LogP contribution in [0.3, 0.4) is 0 Å². The molecule has 0 aliphatic carbocycles. The molecule has 2 fully saturated rings. The molecule has 2 saturated heterocycles. The van der Waals surface area contributed by atoms with E-state index in [9.17, 15) is 38.8 Å². The maximum Gasteiger partial charge on any atom is 0.501 e. The van der Waals surface area contributed by atoms with Crippen LogP contribution in [-0.2, 0) is 24.6 Å².